The molecule has 0 bridgehead atoms. The van der Waals surface area contributed by atoms with Crippen molar-refractivity contribution in [3.05, 3.63) is 48.5 Å². The molecule has 0 aliphatic carbocycles. The molecule has 0 aromatic heterocycles. The van der Waals surface area contributed by atoms with E-state index in [1.165, 1.54) is 0 Å². The van der Waals surface area contributed by atoms with Gasteiger partial charge in [-0.1, -0.05) is 0 Å². The average Bonchev–Trinajstić information content (AvgIpc) is 2.53. The van der Waals surface area contributed by atoms with Crippen molar-refractivity contribution in [1.29, 1.82) is 0 Å². The van der Waals surface area contributed by atoms with Gasteiger partial charge in [-0.05, 0) is 48.5 Å². The van der Waals surface area contributed by atoms with E-state index in [2.05, 4.69) is 0 Å². The topological polar surface area (TPSA) is 115 Å². The molecule has 0 atom stereocenters. The van der Waals surface area contributed by atoms with Crippen molar-refractivity contribution >= 4 is 51.3 Å². The molecular formula is C16H22FeN2O6S4. The van der Waals surface area contributed by atoms with Gasteiger partial charge in [-0.2, -0.15) is 16.8 Å². The Bertz CT molecular complexity index is 882. The van der Waals surface area contributed by atoms with Crippen LogP contribution in [0.1, 0.15) is 0 Å². The van der Waals surface area contributed by atoms with E-state index in [-0.39, 0.29) is 17.1 Å². The molecule has 0 fully saturated rings. The van der Waals surface area contributed by atoms with Gasteiger partial charge in [0.2, 0.25) is 0 Å². The summed E-state index contributed by atoms with van der Waals surface area (Å²) in [4.78, 5) is 4.81. The smallest absolute Gasteiger partial charge is 0.324 e. The van der Waals surface area contributed by atoms with E-state index >= 15 is 0 Å². The van der Waals surface area contributed by atoms with E-state index < -0.39 is 18.3 Å². The molecule has 0 amide bonds. The Balaban J connectivity index is 0.000000523. The van der Waals surface area contributed by atoms with Gasteiger partial charge in [0.25, 0.3) is 0 Å². The summed E-state index contributed by atoms with van der Waals surface area (Å²) in [6.45, 7) is 0. The van der Waals surface area contributed by atoms with Gasteiger partial charge >= 0.3 is 18.3 Å². The van der Waals surface area contributed by atoms with Crippen LogP contribution in [0.2, 0.25) is 0 Å². The van der Waals surface area contributed by atoms with E-state index in [1.807, 2.05) is 38.0 Å². The number of benzene rings is 2. The molecule has 2 N–H and O–H groups in total. The molecule has 0 aliphatic heterocycles. The molecule has 2 aromatic carbocycles. The number of hydrogen-bond donors (Lipinski definition) is 2. The molecule has 0 spiro atoms. The summed E-state index contributed by atoms with van der Waals surface area (Å²) in [6, 6.07) is 13.7. The minimum absolute atomic E-state index is 0. The Labute approximate surface area is 189 Å². The molecule has 0 heterocycles. The van der Waals surface area contributed by atoms with Crippen molar-refractivity contribution < 1.29 is 43.0 Å². The Hall–Kier alpha value is -0.921. The van der Waals surface area contributed by atoms with E-state index in [0.29, 0.717) is 31.4 Å². The molecular weight excluding hydrogens is 500 g/mol. The van der Waals surface area contributed by atoms with E-state index in [4.69, 9.17) is 9.11 Å². The van der Waals surface area contributed by atoms with Gasteiger partial charge in [0.1, 0.15) is 0 Å². The maximum absolute atomic E-state index is 10.5. The van der Waals surface area contributed by atoms with Crippen LogP contribution in [-0.4, -0.2) is 54.1 Å². The predicted octanol–water partition coefficient (Wildman–Crippen LogP) is 3.29. The second-order valence-corrected chi connectivity index (χ2v) is 12.3. The predicted molar refractivity (Wildman–Crippen MR) is 116 cm³/mol. The third-order valence-electron chi connectivity index (χ3n) is 3.11. The first kappa shape index (κ1) is 28.1. The molecule has 2 rings (SSSR count). The Morgan fingerprint density at radius 1 is 0.621 bits per heavy atom. The SMILES string of the molecule is CN(C)c1ccc(SS(=O)(=O)O)cc1.CN(C)c1ccc(SS(=O)(=O)O)cc1.[Fe]. The van der Waals surface area contributed by atoms with Crippen molar-refractivity contribution in [2.45, 2.75) is 9.79 Å². The summed E-state index contributed by atoms with van der Waals surface area (Å²) in [5.74, 6) is 0. The number of rotatable bonds is 6. The normalized spacial score (nSPS) is 11.0. The van der Waals surface area contributed by atoms with Crippen LogP contribution in [-0.2, 0) is 35.4 Å². The Morgan fingerprint density at radius 2 is 0.862 bits per heavy atom. The van der Waals surface area contributed by atoms with Crippen LogP contribution in [0.25, 0.3) is 0 Å². The molecule has 13 heteroatoms. The summed E-state index contributed by atoms with van der Waals surface area (Å²) in [5.41, 5.74) is 1.95. The van der Waals surface area contributed by atoms with Crippen LogP contribution >= 0.6 is 21.6 Å². The van der Waals surface area contributed by atoms with Gasteiger partial charge in [-0.3, -0.25) is 9.11 Å². The van der Waals surface area contributed by atoms with Gasteiger partial charge in [0, 0.05) is 88.0 Å². The van der Waals surface area contributed by atoms with E-state index in [9.17, 15) is 16.8 Å². The number of hydrogen-bond acceptors (Lipinski definition) is 8. The molecule has 164 valence electrons. The van der Waals surface area contributed by atoms with Gasteiger partial charge in [-0.15, -0.1) is 0 Å². The third-order valence-corrected chi connectivity index (χ3v) is 6.88. The first-order chi connectivity index (χ1) is 12.8. The van der Waals surface area contributed by atoms with Crippen LogP contribution < -0.4 is 9.80 Å². The minimum atomic E-state index is -4.01. The zero-order valence-corrected chi connectivity index (χ0v) is 20.4. The number of anilines is 2. The van der Waals surface area contributed by atoms with Crippen LogP contribution in [0.15, 0.2) is 58.3 Å². The fraction of sp³-hybridized carbons (Fsp3) is 0.250. The Kier molecular flexibility index (Phi) is 11.7. The maximum Gasteiger partial charge on any atom is 0.324 e. The molecule has 29 heavy (non-hydrogen) atoms. The summed E-state index contributed by atoms with van der Waals surface area (Å²) in [6.07, 6.45) is 0. The summed E-state index contributed by atoms with van der Waals surface area (Å²) >= 11 is 0. The first-order valence-electron chi connectivity index (χ1n) is 7.65. The fourth-order valence-electron chi connectivity index (χ4n) is 1.84. The van der Waals surface area contributed by atoms with E-state index in [0.717, 1.165) is 11.4 Å². The third kappa shape index (κ3) is 12.4. The van der Waals surface area contributed by atoms with Crippen LogP contribution in [0.3, 0.4) is 0 Å². The summed E-state index contributed by atoms with van der Waals surface area (Å²) in [7, 11) is 0.422. The Morgan fingerprint density at radius 3 is 1.03 bits per heavy atom. The molecule has 0 saturated heterocycles. The second-order valence-electron chi connectivity index (χ2n) is 5.80. The fourth-order valence-corrected chi connectivity index (χ4v) is 4.95. The molecule has 0 aliphatic rings. The maximum atomic E-state index is 10.5. The van der Waals surface area contributed by atoms with Crippen molar-refractivity contribution in [2.24, 2.45) is 0 Å². The van der Waals surface area contributed by atoms with Gasteiger partial charge in [0.05, 0.1) is 0 Å². The molecule has 0 radical (unpaired) electrons. The van der Waals surface area contributed by atoms with Crippen LogP contribution in [0.4, 0.5) is 11.4 Å². The second kappa shape index (κ2) is 12.1. The zero-order chi connectivity index (χ0) is 21.5. The molecule has 8 nitrogen and oxygen atoms in total. The van der Waals surface area contributed by atoms with Crippen molar-refractivity contribution in [3.63, 3.8) is 0 Å². The molecule has 0 saturated carbocycles. The monoisotopic (exact) mass is 522 g/mol. The van der Waals surface area contributed by atoms with Crippen molar-refractivity contribution in [3.8, 4) is 0 Å². The van der Waals surface area contributed by atoms with Gasteiger partial charge < -0.3 is 9.80 Å². The average molecular weight is 522 g/mol. The standard InChI is InChI=1S/2C8H11NO3S2.Fe/c2*1-9(2)7-3-5-8(6-4-7)13-14(10,11)12;/h2*3-6H,1-2H3,(H,10,11,12);. The number of nitrogens with zero attached hydrogens (tertiary/aromatic N) is 2. The largest absolute Gasteiger partial charge is 0.378 e. The van der Waals surface area contributed by atoms with Gasteiger partial charge in [-0.25, -0.2) is 0 Å². The quantitative estimate of drug-likeness (QED) is 0.333. The summed E-state index contributed by atoms with van der Waals surface area (Å²) < 4.78 is 59.3. The zero-order valence-electron chi connectivity index (χ0n) is 16.0. The minimum Gasteiger partial charge on any atom is -0.378 e. The van der Waals surface area contributed by atoms with Gasteiger partial charge in [0.15, 0.2) is 0 Å². The van der Waals surface area contributed by atoms with Crippen molar-refractivity contribution in [2.75, 3.05) is 38.0 Å². The van der Waals surface area contributed by atoms with Crippen molar-refractivity contribution in [1.82, 2.24) is 0 Å². The van der Waals surface area contributed by atoms with Crippen LogP contribution in [0, 0.1) is 0 Å². The summed E-state index contributed by atoms with van der Waals surface area (Å²) in [5, 5.41) is 0. The first-order valence-corrected chi connectivity index (χ1v) is 13.2. The van der Waals surface area contributed by atoms with Crippen LogP contribution in [0.5, 0.6) is 0 Å². The molecule has 0 unspecified atom stereocenters. The van der Waals surface area contributed by atoms with E-state index in [1.54, 1.807) is 48.5 Å². The molecule has 2 aromatic rings.